The minimum Gasteiger partial charge on any atom is -0.478 e. The van der Waals surface area contributed by atoms with Crippen LogP contribution in [0.1, 0.15) is 26.3 Å². The number of hydrogen-bond acceptors (Lipinski definition) is 6. The molecule has 0 unspecified atom stereocenters. The van der Waals surface area contributed by atoms with Crippen molar-refractivity contribution in [2.45, 2.75) is 6.92 Å². The van der Waals surface area contributed by atoms with E-state index in [2.05, 4.69) is 15.0 Å². The molecule has 0 spiro atoms. The van der Waals surface area contributed by atoms with Crippen LogP contribution < -0.4 is 4.74 Å². The van der Waals surface area contributed by atoms with Gasteiger partial charge in [-0.1, -0.05) is 29.8 Å². The molecule has 1 aliphatic heterocycles. The number of benzene rings is 2. The van der Waals surface area contributed by atoms with Crippen molar-refractivity contribution < 1.29 is 24.2 Å². The third kappa shape index (κ3) is 4.68. The van der Waals surface area contributed by atoms with Crippen molar-refractivity contribution in [2.75, 3.05) is 26.3 Å². The molecule has 0 atom stereocenters. The molecule has 3 heterocycles. The van der Waals surface area contributed by atoms with Crippen LogP contribution in [-0.2, 0) is 4.74 Å². The second-order valence-corrected chi connectivity index (χ2v) is 8.50. The SMILES string of the molecule is Cc1ccc(Oc2nc3nc(-c4ccc(C(=O)N5CCOCC5)cc4)c(Cl)cc3[nH]2)cc1C(=O)O. The minimum absolute atomic E-state index is 0.0365. The Morgan fingerprint density at radius 1 is 1.09 bits per heavy atom. The Hall–Kier alpha value is -3.95. The van der Waals surface area contributed by atoms with E-state index in [1.807, 2.05) is 0 Å². The minimum atomic E-state index is -1.03. The molecule has 2 aromatic heterocycles. The number of halogens is 1. The Kier molecular flexibility index (Phi) is 6.10. The molecule has 10 heteroatoms. The molecule has 1 amide bonds. The van der Waals surface area contributed by atoms with Gasteiger partial charge in [-0.15, -0.1) is 0 Å². The molecule has 1 saturated heterocycles. The summed E-state index contributed by atoms with van der Waals surface area (Å²) in [5.41, 5.74) is 3.58. The highest BCUT2D eigenvalue weighted by Crippen LogP contribution is 2.31. The number of pyridine rings is 1. The average molecular weight is 493 g/mol. The number of carbonyl (C=O) groups excluding carboxylic acids is 1. The van der Waals surface area contributed by atoms with Gasteiger partial charge in [0, 0.05) is 24.2 Å². The Morgan fingerprint density at radius 2 is 1.83 bits per heavy atom. The number of aryl methyl sites for hydroxylation is 1. The van der Waals surface area contributed by atoms with E-state index in [9.17, 15) is 14.7 Å². The van der Waals surface area contributed by atoms with Crippen LogP contribution in [0.4, 0.5) is 0 Å². The fourth-order valence-electron chi connectivity index (χ4n) is 3.87. The van der Waals surface area contributed by atoms with Crippen molar-refractivity contribution >= 4 is 34.6 Å². The lowest BCUT2D eigenvalue weighted by Gasteiger charge is -2.26. The number of nitrogens with one attached hydrogen (secondary N) is 1. The second kappa shape index (κ2) is 9.36. The number of aromatic carboxylic acids is 1. The van der Waals surface area contributed by atoms with Gasteiger partial charge in [-0.2, -0.15) is 4.98 Å². The number of carboxylic acid groups (broad SMARTS) is 1. The molecule has 0 radical (unpaired) electrons. The number of imidazole rings is 1. The quantitative estimate of drug-likeness (QED) is 0.419. The molecule has 0 aliphatic carbocycles. The topological polar surface area (TPSA) is 118 Å². The van der Waals surface area contributed by atoms with Gasteiger partial charge in [0.2, 0.25) is 0 Å². The maximum absolute atomic E-state index is 12.7. The first-order valence-corrected chi connectivity index (χ1v) is 11.3. The summed E-state index contributed by atoms with van der Waals surface area (Å²) in [5, 5.41) is 9.73. The number of ether oxygens (including phenoxy) is 2. The van der Waals surface area contributed by atoms with Gasteiger partial charge in [0.25, 0.3) is 5.91 Å². The van der Waals surface area contributed by atoms with Crippen LogP contribution in [0.5, 0.6) is 11.8 Å². The van der Waals surface area contributed by atoms with Crippen LogP contribution in [0.15, 0.2) is 48.5 Å². The van der Waals surface area contributed by atoms with E-state index in [1.165, 1.54) is 6.07 Å². The smallest absolute Gasteiger partial charge is 0.336 e. The molecule has 1 fully saturated rings. The largest absolute Gasteiger partial charge is 0.478 e. The molecule has 4 aromatic rings. The third-order valence-corrected chi connectivity index (χ3v) is 6.05. The molecule has 0 bridgehead atoms. The van der Waals surface area contributed by atoms with Gasteiger partial charge in [0.05, 0.1) is 35.0 Å². The number of carboxylic acids is 1. The van der Waals surface area contributed by atoms with Crippen molar-refractivity contribution in [2.24, 2.45) is 0 Å². The Morgan fingerprint density at radius 3 is 2.54 bits per heavy atom. The van der Waals surface area contributed by atoms with E-state index >= 15 is 0 Å². The Bertz CT molecular complexity index is 1430. The second-order valence-electron chi connectivity index (χ2n) is 8.10. The highest BCUT2D eigenvalue weighted by atomic mass is 35.5. The number of rotatable bonds is 5. The monoisotopic (exact) mass is 492 g/mol. The maximum Gasteiger partial charge on any atom is 0.336 e. The summed E-state index contributed by atoms with van der Waals surface area (Å²) in [6.07, 6.45) is 0. The Balaban J connectivity index is 1.39. The van der Waals surface area contributed by atoms with Crippen LogP contribution >= 0.6 is 11.6 Å². The average Bonchev–Trinajstić information content (AvgIpc) is 3.25. The Labute approximate surface area is 205 Å². The first kappa shape index (κ1) is 22.8. The summed E-state index contributed by atoms with van der Waals surface area (Å²) >= 11 is 6.50. The van der Waals surface area contributed by atoms with Crippen LogP contribution in [0.25, 0.3) is 22.4 Å². The van der Waals surface area contributed by atoms with E-state index in [-0.39, 0.29) is 17.5 Å². The van der Waals surface area contributed by atoms with Crippen LogP contribution in [0.2, 0.25) is 5.02 Å². The zero-order chi connectivity index (χ0) is 24.5. The number of nitrogens with zero attached hydrogens (tertiary/aromatic N) is 3. The maximum atomic E-state index is 12.7. The van der Waals surface area contributed by atoms with E-state index in [1.54, 1.807) is 54.3 Å². The number of amides is 1. The summed E-state index contributed by atoms with van der Waals surface area (Å²) < 4.78 is 11.0. The molecule has 2 aromatic carbocycles. The number of aromatic nitrogens is 3. The van der Waals surface area contributed by atoms with E-state index in [4.69, 9.17) is 21.1 Å². The number of carbonyl (C=O) groups is 2. The van der Waals surface area contributed by atoms with Gasteiger partial charge in [0.15, 0.2) is 5.65 Å². The van der Waals surface area contributed by atoms with Crippen molar-refractivity contribution in [3.05, 3.63) is 70.2 Å². The zero-order valence-corrected chi connectivity index (χ0v) is 19.5. The molecule has 0 saturated carbocycles. The van der Waals surface area contributed by atoms with Gasteiger partial charge < -0.3 is 24.5 Å². The number of H-pyrrole nitrogens is 1. The van der Waals surface area contributed by atoms with Crippen molar-refractivity contribution in [1.82, 2.24) is 19.9 Å². The van der Waals surface area contributed by atoms with E-state index in [0.29, 0.717) is 65.1 Å². The molecule has 35 heavy (non-hydrogen) atoms. The summed E-state index contributed by atoms with van der Waals surface area (Å²) in [6.45, 7) is 3.96. The first-order valence-electron chi connectivity index (χ1n) is 10.9. The zero-order valence-electron chi connectivity index (χ0n) is 18.7. The summed E-state index contributed by atoms with van der Waals surface area (Å²) in [6, 6.07) is 13.8. The van der Waals surface area contributed by atoms with Gasteiger partial charge >= 0.3 is 12.0 Å². The normalized spacial score (nSPS) is 13.7. The van der Waals surface area contributed by atoms with Crippen LogP contribution in [0, 0.1) is 6.92 Å². The number of fused-ring (bicyclic) bond motifs is 1. The standard InChI is InChI=1S/C25H21ClN4O5/c1-14-2-7-17(12-18(14)24(32)33)35-25-27-20-13-19(26)21(28-22(20)29-25)15-3-5-16(6-4-15)23(31)30-8-10-34-11-9-30/h2-7,12-13H,8-11H2,1H3,(H,32,33)(H,27,28,29). The van der Waals surface area contributed by atoms with Gasteiger partial charge in [0.1, 0.15) is 5.75 Å². The summed E-state index contributed by atoms with van der Waals surface area (Å²) in [7, 11) is 0. The predicted molar refractivity (Wildman–Crippen MR) is 129 cm³/mol. The molecule has 9 nitrogen and oxygen atoms in total. The number of hydrogen-bond donors (Lipinski definition) is 2. The first-order chi connectivity index (χ1) is 16.9. The van der Waals surface area contributed by atoms with Crippen molar-refractivity contribution in [1.29, 1.82) is 0 Å². The van der Waals surface area contributed by atoms with Gasteiger partial charge in [-0.3, -0.25) is 4.79 Å². The third-order valence-electron chi connectivity index (χ3n) is 5.76. The highest BCUT2D eigenvalue weighted by Gasteiger charge is 2.19. The molecular weight excluding hydrogens is 472 g/mol. The molecule has 1 aliphatic rings. The lowest BCUT2D eigenvalue weighted by Crippen LogP contribution is -2.40. The van der Waals surface area contributed by atoms with Crippen LogP contribution in [-0.4, -0.2) is 63.1 Å². The predicted octanol–water partition coefficient (Wildman–Crippen LogP) is 4.55. The molecule has 5 rings (SSSR count). The van der Waals surface area contributed by atoms with Gasteiger partial charge in [-0.05, 0) is 42.8 Å². The summed E-state index contributed by atoms with van der Waals surface area (Å²) in [4.78, 5) is 37.8. The number of aromatic amines is 1. The number of morpholine rings is 1. The van der Waals surface area contributed by atoms with Crippen molar-refractivity contribution in [3.63, 3.8) is 0 Å². The fourth-order valence-corrected chi connectivity index (χ4v) is 4.13. The van der Waals surface area contributed by atoms with Crippen LogP contribution in [0.3, 0.4) is 0 Å². The molecule has 178 valence electrons. The van der Waals surface area contributed by atoms with Gasteiger partial charge in [-0.25, -0.2) is 9.78 Å². The molecular formula is C25H21ClN4O5. The summed E-state index contributed by atoms with van der Waals surface area (Å²) in [5.74, 6) is -0.738. The lowest BCUT2D eigenvalue weighted by atomic mass is 10.1. The lowest BCUT2D eigenvalue weighted by molar-refractivity contribution is 0.0303. The van der Waals surface area contributed by atoms with E-state index < -0.39 is 5.97 Å². The van der Waals surface area contributed by atoms with E-state index in [0.717, 1.165) is 5.56 Å². The fraction of sp³-hybridized carbons (Fsp3) is 0.200. The highest BCUT2D eigenvalue weighted by molar-refractivity contribution is 6.33. The van der Waals surface area contributed by atoms with Crippen molar-refractivity contribution in [3.8, 4) is 23.0 Å². The molecule has 2 N–H and O–H groups in total.